The number of nitrogens with one attached hydrogen (secondary N) is 2. The second kappa shape index (κ2) is 8.69. The van der Waals surface area contributed by atoms with Crippen LogP contribution in [0.1, 0.15) is 36.2 Å². The van der Waals surface area contributed by atoms with Crippen LogP contribution in [-0.4, -0.2) is 30.9 Å². The van der Waals surface area contributed by atoms with Gasteiger partial charge in [0.15, 0.2) is 5.76 Å². The van der Waals surface area contributed by atoms with E-state index in [1.807, 2.05) is 0 Å². The van der Waals surface area contributed by atoms with E-state index in [1.54, 1.807) is 12.1 Å². The van der Waals surface area contributed by atoms with Gasteiger partial charge in [0, 0.05) is 25.6 Å². The van der Waals surface area contributed by atoms with Crippen molar-refractivity contribution in [3.05, 3.63) is 24.2 Å². The summed E-state index contributed by atoms with van der Waals surface area (Å²) in [4.78, 5) is 23.3. The summed E-state index contributed by atoms with van der Waals surface area (Å²) >= 11 is 0. The molecule has 1 saturated carbocycles. The minimum absolute atomic E-state index is 0. The van der Waals surface area contributed by atoms with E-state index in [4.69, 9.17) is 10.2 Å². The molecule has 21 heavy (non-hydrogen) atoms. The van der Waals surface area contributed by atoms with Crippen molar-refractivity contribution in [3.8, 4) is 0 Å². The van der Waals surface area contributed by atoms with Crippen molar-refractivity contribution in [2.24, 2.45) is 11.7 Å². The number of hydrogen-bond donors (Lipinski definition) is 3. The molecule has 2 rings (SSSR count). The first kappa shape index (κ1) is 17.5. The Morgan fingerprint density at radius 3 is 2.67 bits per heavy atom. The lowest BCUT2D eigenvalue weighted by Gasteiger charge is -2.14. The molecule has 1 aliphatic rings. The zero-order chi connectivity index (χ0) is 14.4. The van der Waals surface area contributed by atoms with Crippen LogP contribution in [0.4, 0.5) is 0 Å². The van der Waals surface area contributed by atoms with Crippen molar-refractivity contribution in [2.45, 2.75) is 31.7 Å². The first-order chi connectivity index (χ1) is 9.66. The van der Waals surface area contributed by atoms with E-state index >= 15 is 0 Å². The minimum atomic E-state index is -0.276. The van der Waals surface area contributed by atoms with Crippen molar-refractivity contribution in [1.82, 2.24) is 10.6 Å². The molecule has 1 aromatic rings. The predicted molar refractivity (Wildman–Crippen MR) is 81.2 cm³/mol. The van der Waals surface area contributed by atoms with Crippen LogP contribution in [0.5, 0.6) is 0 Å². The van der Waals surface area contributed by atoms with E-state index in [1.165, 1.54) is 6.26 Å². The van der Waals surface area contributed by atoms with Crippen LogP contribution in [-0.2, 0) is 4.79 Å². The maximum absolute atomic E-state index is 11.7. The molecular weight excluding hydrogens is 294 g/mol. The maximum atomic E-state index is 11.7. The Bertz CT molecular complexity index is 450. The number of halogens is 1. The van der Waals surface area contributed by atoms with Crippen LogP contribution in [0.15, 0.2) is 22.8 Å². The van der Waals surface area contributed by atoms with Crippen molar-refractivity contribution in [1.29, 1.82) is 0 Å². The summed E-state index contributed by atoms with van der Waals surface area (Å²) < 4.78 is 4.96. The first-order valence-corrected chi connectivity index (χ1v) is 7.01. The highest BCUT2D eigenvalue weighted by atomic mass is 35.5. The van der Waals surface area contributed by atoms with Crippen LogP contribution in [0.25, 0.3) is 0 Å². The second-order valence-corrected chi connectivity index (χ2v) is 5.14. The van der Waals surface area contributed by atoms with Crippen LogP contribution >= 0.6 is 12.4 Å². The smallest absolute Gasteiger partial charge is 0.287 e. The summed E-state index contributed by atoms with van der Waals surface area (Å²) in [6.45, 7) is 0.787. The van der Waals surface area contributed by atoms with Crippen molar-refractivity contribution < 1.29 is 14.0 Å². The predicted octanol–water partition coefficient (Wildman–Crippen LogP) is 1.06. The first-order valence-electron chi connectivity index (χ1n) is 7.01. The molecule has 0 aromatic carbocycles. The van der Waals surface area contributed by atoms with E-state index < -0.39 is 0 Å². The van der Waals surface area contributed by atoms with E-state index in [0.717, 1.165) is 19.3 Å². The van der Waals surface area contributed by atoms with Gasteiger partial charge in [-0.15, -0.1) is 12.4 Å². The average molecular weight is 316 g/mol. The molecule has 7 heteroatoms. The van der Waals surface area contributed by atoms with Gasteiger partial charge in [-0.1, -0.05) is 6.42 Å². The Kier molecular flexibility index (Phi) is 7.25. The molecule has 1 aliphatic carbocycles. The molecule has 0 saturated heterocycles. The van der Waals surface area contributed by atoms with E-state index in [9.17, 15) is 9.59 Å². The number of carbonyl (C=O) groups is 2. The van der Waals surface area contributed by atoms with Gasteiger partial charge >= 0.3 is 0 Å². The second-order valence-electron chi connectivity index (χ2n) is 5.14. The van der Waals surface area contributed by atoms with Gasteiger partial charge in [-0.3, -0.25) is 9.59 Å². The third-order valence-electron chi connectivity index (χ3n) is 3.64. The molecule has 0 aliphatic heterocycles. The fourth-order valence-electron chi connectivity index (χ4n) is 2.50. The molecule has 118 valence electrons. The number of carbonyl (C=O) groups excluding carboxylic acids is 2. The summed E-state index contributed by atoms with van der Waals surface area (Å²) in [6, 6.07) is 3.40. The third-order valence-corrected chi connectivity index (χ3v) is 3.64. The summed E-state index contributed by atoms with van der Waals surface area (Å²) in [5, 5.41) is 5.46. The number of amides is 2. The van der Waals surface area contributed by atoms with Gasteiger partial charge in [0.25, 0.3) is 5.91 Å². The van der Waals surface area contributed by atoms with Crippen LogP contribution < -0.4 is 16.4 Å². The normalized spacial score (nSPS) is 20.6. The lowest BCUT2D eigenvalue weighted by Crippen LogP contribution is -2.36. The molecule has 1 heterocycles. The van der Waals surface area contributed by atoms with E-state index in [0.29, 0.717) is 25.4 Å². The largest absolute Gasteiger partial charge is 0.459 e. The molecule has 0 unspecified atom stereocenters. The molecule has 4 N–H and O–H groups in total. The SMILES string of the molecule is Cl.N[C@@H]1CCC[C@H]1CC(=O)NCCNC(=O)c1ccco1. The van der Waals surface area contributed by atoms with Gasteiger partial charge in [0.2, 0.25) is 5.91 Å². The molecule has 6 nitrogen and oxygen atoms in total. The Labute approximate surface area is 130 Å². The van der Waals surface area contributed by atoms with Gasteiger partial charge in [-0.2, -0.15) is 0 Å². The van der Waals surface area contributed by atoms with Crippen molar-refractivity contribution in [2.75, 3.05) is 13.1 Å². The topological polar surface area (TPSA) is 97.4 Å². The molecule has 0 spiro atoms. The van der Waals surface area contributed by atoms with Gasteiger partial charge < -0.3 is 20.8 Å². The molecule has 1 aromatic heterocycles. The molecule has 2 atom stereocenters. The van der Waals surface area contributed by atoms with Crippen LogP contribution in [0.2, 0.25) is 0 Å². The molecular formula is C14H22ClN3O3. The highest BCUT2D eigenvalue weighted by molar-refractivity contribution is 5.91. The Morgan fingerprint density at radius 1 is 1.29 bits per heavy atom. The Balaban J connectivity index is 0.00000220. The van der Waals surface area contributed by atoms with Gasteiger partial charge in [0.1, 0.15) is 0 Å². The van der Waals surface area contributed by atoms with Gasteiger partial charge in [-0.05, 0) is 30.9 Å². The summed E-state index contributed by atoms with van der Waals surface area (Å²) in [5.41, 5.74) is 5.93. The summed E-state index contributed by atoms with van der Waals surface area (Å²) in [6.07, 6.45) is 5.08. The molecule has 0 bridgehead atoms. The number of furan rings is 1. The molecule has 1 fully saturated rings. The highest BCUT2D eigenvalue weighted by Crippen LogP contribution is 2.26. The fraction of sp³-hybridized carbons (Fsp3) is 0.571. The molecule has 0 radical (unpaired) electrons. The van der Waals surface area contributed by atoms with Crippen LogP contribution in [0, 0.1) is 5.92 Å². The summed E-state index contributed by atoms with van der Waals surface area (Å²) in [5.74, 6) is 0.294. The fourth-order valence-corrected chi connectivity index (χ4v) is 2.50. The maximum Gasteiger partial charge on any atom is 0.287 e. The van der Waals surface area contributed by atoms with Crippen molar-refractivity contribution in [3.63, 3.8) is 0 Å². The van der Waals surface area contributed by atoms with Crippen molar-refractivity contribution >= 4 is 24.2 Å². The number of hydrogen-bond acceptors (Lipinski definition) is 4. The van der Waals surface area contributed by atoms with Gasteiger partial charge in [0.05, 0.1) is 6.26 Å². The lowest BCUT2D eigenvalue weighted by molar-refractivity contribution is -0.122. The van der Waals surface area contributed by atoms with Gasteiger partial charge in [-0.25, -0.2) is 0 Å². The average Bonchev–Trinajstić information content (AvgIpc) is 3.07. The number of rotatable bonds is 6. The number of nitrogens with two attached hydrogens (primary N) is 1. The standard InChI is InChI=1S/C14H21N3O3.ClH/c15-11-4-1-3-10(11)9-13(18)16-6-7-17-14(19)12-5-2-8-20-12;/h2,5,8,10-11H,1,3-4,6-7,9,15H2,(H,16,18)(H,17,19);1H/t10-,11+;/m0./s1. The van der Waals surface area contributed by atoms with E-state index in [2.05, 4.69) is 10.6 Å². The monoisotopic (exact) mass is 315 g/mol. The highest BCUT2D eigenvalue weighted by Gasteiger charge is 2.25. The van der Waals surface area contributed by atoms with E-state index in [-0.39, 0.29) is 36.0 Å². The zero-order valence-corrected chi connectivity index (χ0v) is 12.7. The Hall–Kier alpha value is -1.53. The lowest BCUT2D eigenvalue weighted by atomic mass is 10.00. The Morgan fingerprint density at radius 2 is 2.05 bits per heavy atom. The minimum Gasteiger partial charge on any atom is -0.459 e. The van der Waals surface area contributed by atoms with Crippen LogP contribution in [0.3, 0.4) is 0 Å². The third kappa shape index (κ3) is 5.40. The zero-order valence-electron chi connectivity index (χ0n) is 11.8. The molecule has 2 amide bonds. The quantitative estimate of drug-likeness (QED) is 0.684. The summed E-state index contributed by atoms with van der Waals surface area (Å²) in [7, 11) is 0.